The molecule has 0 aliphatic rings. The highest BCUT2D eigenvalue weighted by molar-refractivity contribution is 6.14. The standard InChI is InChI=1S/C72H52N4O/c1-7-25-57(26-8-1)73(58-27-9-2-10-28-58)65-37-19-23-55(51-65)53-43-47-63(48-44-53)75(61-33-15-5-16-34-61)69-41-21-39-67-68-40-22-42-70(72(68)77-71(67)69)76(62-35-17-6-18-36-62)64-49-45-54(46-50-64)56-24-20-38-66(52-56)74(59-29-11-3-12-30-59)60-31-13-4-14-32-60/h1-52H. The number of rotatable bonds is 14. The Hall–Kier alpha value is -10.4. The normalized spacial score (nSPS) is 11.1. The lowest BCUT2D eigenvalue weighted by molar-refractivity contribution is 0.669. The zero-order valence-electron chi connectivity index (χ0n) is 42.2. The van der Waals surface area contributed by atoms with Crippen molar-refractivity contribution in [2.45, 2.75) is 0 Å². The predicted octanol–water partition coefficient (Wildman–Crippen LogP) is 20.8. The Morgan fingerprint density at radius 1 is 0.182 bits per heavy atom. The molecule has 0 atom stereocenters. The van der Waals surface area contributed by atoms with E-state index in [9.17, 15) is 0 Å². The summed E-state index contributed by atoms with van der Waals surface area (Å²) in [6.07, 6.45) is 0. The van der Waals surface area contributed by atoms with Crippen molar-refractivity contribution >= 4 is 90.2 Å². The van der Waals surface area contributed by atoms with Crippen LogP contribution >= 0.6 is 0 Å². The summed E-state index contributed by atoms with van der Waals surface area (Å²) in [5.41, 5.74) is 18.7. The minimum Gasteiger partial charge on any atom is -0.452 e. The Bertz CT molecular complexity index is 3730. The second-order valence-corrected chi connectivity index (χ2v) is 19.0. The summed E-state index contributed by atoms with van der Waals surface area (Å²) < 4.78 is 7.27. The van der Waals surface area contributed by atoms with E-state index in [1.165, 1.54) is 0 Å². The Balaban J connectivity index is 0.866. The van der Waals surface area contributed by atoms with Crippen molar-refractivity contribution in [3.8, 4) is 22.3 Å². The Labute approximate surface area is 449 Å². The first-order valence-corrected chi connectivity index (χ1v) is 26.1. The maximum Gasteiger partial charge on any atom is 0.159 e. The van der Waals surface area contributed by atoms with Crippen LogP contribution < -0.4 is 19.6 Å². The van der Waals surface area contributed by atoms with Crippen molar-refractivity contribution in [2.24, 2.45) is 0 Å². The van der Waals surface area contributed by atoms with Gasteiger partial charge in [-0.1, -0.05) is 182 Å². The van der Waals surface area contributed by atoms with Crippen molar-refractivity contribution in [1.82, 2.24) is 0 Å². The average Bonchev–Trinajstić information content (AvgIpc) is 3.93. The summed E-state index contributed by atoms with van der Waals surface area (Å²) in [5.74, 6) is 0. The Morgan fingerprint density at radius 3 is 0.753 bits per heavy atom. The summed E-state index contributed by atoms with van der Waals surface area (Å²) in [7, 11) is 0. The van der Waals surface area contributed by atoms with Gasteiger partial charge in [0.15, 0.2) is 11.2 Å². The molecule has 13 rings (SSSR count). The molecule has 5 nitrogen and oxygen atoms in total. The third-order valence-electron chi connectivity index (χ3n) is 14.2. The van der Waals surface area contributed by atoms with Gasteiger partial charge < -0.3 is 24.0 Å². The van der Waals surface area contributed by atoms with Gasteiger partial charge in [0.1, 0.15) is 0 Å². The smallest absolute Gasteiger partial charge is 0.159 e. The summed E-state index contributed by atoms with van der Waals surface area (Å²) >= 11 is 0. The molecule has 0 aliphatic heterocycles. The lowest BCUT2D eigenvalue weighted by Crippen LogP contribution is -2.10. The Morgan fingerprint density at radius 2 is 0.442 bits per heavy atom. The van der Waals surface area contributed by atoms with Crippen molar-refractivity contribution in [1.29, 1.82) is 0 Å². The first-order chi connectivity index (χ1) is 38.2. The summed E-state index contributed by atoms with van der Waals surface area (Å²) in [5, 5.41) is 2.08. The molecule has 0 N–H and O–H groups in total. The van der Waals surface area contributed by atoms with Crippen molar-refractivity contribution < 1.29 is 4.42 Å². The molecule has 77 heavy (non-hydrogen) atoms. The van der Waals surface area contributed by atoms with Gasteiger partial charge in [0, 0.05) is 67.6 Å². The molecule has 0 spiro atoms. The zero-order valence-corrected chi connectivity index (χ0v) is 42.2. The SMILES string of the molecule is c1ccc(N(c2ccccc2)c2cccc(-c3ccc(N(c4ccccc4)c4cccc5c4oc4c(N(c6ccccc6)c6ccc(-c7cccc(N(c8ccccc8)c8ccccc8)c7)cc6)cccc45)cc3)c2)cc1. The molecule has 0 saturated heterocycles. The number of fused-ring (bicyclic) bond motifs is 3. The second-order valence-electron chi connectivity index (χ2n) is 19.0. The molecular weight excluding hydrogens is 937 g/mol. The Kier molecular flexibility index (Phi) is 12.6. The van der Waals surface area contributed by atoms with Gasteiger partial charge in [0.05, 0.1) is 11.4 Å². The fourth-order valence-electron chi connectivity index (χ4n) is 10.6. The largest absolute Gasteiger partial charge is 0.452 e. The molecule has 0 bridgehead atoms. The van der Waals surface area contributed by atoms with Gasteiger partial charge in [0.2, 0.25) is 0 Å². The van der Waals surface area contributed by atoms with E-state index in [2.05, 4.69) is 335 Å². The van der Waals surface area contributed by atoms with E-state index in [0.29, 0.717) is 0 Å². The van der Waals surface area contributed by atoms with Crippen LogP contribution in [0.25, 0.3) is 44.2 Å². The van der Waals surface area contributed by atoms with Crippen LogP contribution in [-0.4, -0.2) is 0 Å². The number of para-hydroxylation sites is 8. The lowest BCUT2D eigenvalue weighted by Gasteiger charge is -2.26. The molecule has 366 valence electrons. The van der Waals surface area contributed by atoms with Crippen molar-refractivity contribution in [3.63, 3.8) is 0 Å². The number of benzene rings is 12. The summed E-state index contributed by atoms with van der Waals surface area (Å²) in [6.45, 7) is 0. The average molecular weight is 989 g/mol. The number of furan rings is 1. The zero-order chi connectivity index (χ0) is 51.3. The van der Waals surface area contributed by atoms with Crippen molar-refractivity contribution in [2.75, 3.05) is 19.6 Å². The summed E-state index contributed by atoms with van der Waals surface area (Å²) in [4.78, 5) is 9.21. The minimum atomic E-state index is 0.806. The third-order valence-corrected chi connectivity index (χ3v) is 14.2. The predicted molar refractivity (Wildman–Crippen MR) is 323 cm³/mol. The minimum absolute atomic E-state index is 0.806. The maximum atomic E-state index is 7.27. The van der Waals surface area contributed by atoms with Gasteiger partial charge in [-0.15, -0.1) is 0 Å². The summed E-state index contributed by atoms with van der Waals surface area (Å²) in [6, 6.07) is 112. The molecule has 1 heterocycles. The third kappa shape index (κ3) is 9.24. The lowest BCUT2D eigenvalue weighted by atomic mass is 10.0. The van der Waals surface area contributed by atoms with Crippen LogP contribution in [0.4, 0.5) is 68.2 Å². The topological polar surface area (TPSA) is 26.1 Å². The van der Waals surface area contributed by atoms with Crippen LogP contribution in [0.3, 0.4) is 0 Å². The fourth-order valence-corrected chi connectivity index (χ4v) is 10.6. The first-order valence-electron chi connectivity index (χ1n) is 26.1. The molecular formula is C72H52N4O. The van der Waals surface area contributed by atoms with E-state index < -0.39 is 0 Å². The van der Waals surface area contributed by atoms with Gasteiger partial charge >= 0.3 is 0 Å². The molecule has 0 aliphatic carbocycles. The first kappa shape index (κ1) is 46.4. The van der Waals surface area contributed by atoms with Crippen LogP contribution in [0.1, 0.15) is 0 Å². The molecule has 1 aromatic heterocycles. The molecule has 12 aromatic carbocycles. The van der Waals surface area contributed by atoms with E-state index >= 15 is 0 Å². The van der Waals surface area contributed by atoms with Crippen LogP contribution in [0.15, 0.2) is 320 Å². The molecule has 0 saturated carbocycles. The molecule has 0 amide bonds. The molecule has 0 radical (unpaired) electrons. The van der Waals surface area contributed by atoms with E-state index in [0.717, 1.165) is 112 Å². The second kappa shape index (κ2) is 20.9. The van der Waals surface area contributed by atoms with Gasteiger partial charge in [-0.3, -0.25) is 0 Å². The van der Waals surface area contributed by atoms with Crippen LogP contribution in [0.2, 0.25) is 0 Å². The highest BCUT2D eigenvalue weighted by Crippen LogP contribution is 2.47. The number of hydrogen-bond acceptors (Lipinski definition) is 5. The molecule has 5 heteroatoms. The van der Waals surface area contributed by atoms with Crippen LogP contribution in [0, 0.1) is 0 Å². The number of anilines is 12. The van der Waals surface area contributed by atoms with Gasteiger partial charge in [-0.25, -0.2) is 0 Å². The molecule has 0 fully saturated rings. The quantitative estimate of drug-likeness (QED) is 0.108. The number of hydrogen-bond donors (Lipinski definition) is 0. The van der Waals surface area contributed by atoms with E-state index in [-0.39, 0.29) is 0 Å². The highest BCUT2D eigenvalue weighted by Gasteiger charge is 2.24. The van der Waals surface area contributed by atoms with Gasteiger partial charge in [-0.05, 0) is 156 Å². The van der Waals surface area contributed by atoms with Gasteiger partial charge in [-0.2, -0.15) is 0 Å². The molecule has 0 unspecified atom stereocenters. The molecule has 13 aromatic rings. The van der Waals surface area contributed by atoms with Crippen LogP contribution in [-0.2, 0) is 0 Å². The van der Waals surface area contributed by atoms with E-state index in [1.54, 1.807) is 0 Å². The monoisotopic (exact) mass is 988 g/mol. The number of nitrogens with zero attached hydrogens (tertiary/aromatic N) is 4. The van der Waals surface area contributed by atoms with E-state index in [4.69, 9.17) is 4.42 Å². The van der Waals surface area contributed by atoms with Crippen molar-refractivity contribution in [3.05, 3.63) is 315 Å². The highest BCUT2D eigenvalue weighted by atomic mass is 16.3. The van der Waals surface area contributed by atoms with Gasteiger partial charge in [0.25, 0.3) is 0 Å². The van der Waals surface area contributed by atoms with E-state index in [1.807, 2.05) is 0 Å². The van der Waals surface area contributed by atoms with Crippen LogP contribution in [0.5, 0.6) is 0 Å². The fraction of sp³-hybridized carbons (Fsp3) is 0. The maximum absolute atomic E-state index is 7.27.